The Kier molecular flexibility index (Phi) is 6.36. The number of hydrogen-bond donors (Lipinski definition) is 4. The minimum absolute atomic E-state index is 0.0131. The van der Waals surface area contributed by atoms with Crippen molar-refractivity contribution in [3.63, 3.8) is 0 Å². The molecule has 4 heterocycles. The van der Waals surface area contributed by atoms with Crippen LogP contribution in [0.1, 0.15) is 26.7 Å². The zero-order valence-electron chi connectivity index (χ0n) is 18.5. The van der Waals surface area contributed by atoms with Crippen molar-refractivity contribution in [2.24, 2.45) is 11.8 Å². The number of carboxylic acids is 1. The van der Waals surface area contributed by atoms with E-state index in [1.54, 1.807) is 6.92 Å². The third kappa shape index (κ3) is 3.64. The molecule has 1 unspecified atom stereocenters. The number of β-lactam (4-membered cyclic amide) rings is 1. The Morgan fingerprint density at radius 2 is 2.09 bits per heavy atom. The van der Waals surface area contributed by atoms with Crippen LogP contribution in [0.15, 0.2) is 10.6 Å². The average Bonchev–Trinajstić information content (AvgIpc) is 3.12. The van der Waals surface area contributed by atoms with Gasteiger partial charge in [-0.1, -0.05) is 6.92 Å². The predicted octanol–water partition coefficient (Wildman–Crippen LogP) is 0.485. The van der Waals surface area contributed by atoms with Gasteiger partial charge < -0.3 is 20.4 Å². The van der Waals surface area contributed by atoms with Gasteiger partial charge in [0.1, 0.15) is 12.2 Å². The average molecular weight is 467 g/mol. The summed E-state index contributed by atoms with van der Waals surface area (Å²) in [6.07, 6.45) is 1.95. The number of carboxylic acid groups (broad SMARTS) is 1. The summed E-state index contributed by atoms with van der Waals surface area (Å²) >= 11 is 1.43. The van der Waals surface area contributed by atoms with Gasteiger partial charge in [0.15, 0.2) is 6.34 Å². The van der Waals surface area contributed by atoms with Gasteiger partial charge >= 0.3 is 12.0 Å². The Balaban J connectivity index is 1.52. The SMILES string of the molecule is C[C@@H](O)[C@H]1C(=O)N2C(C(=O)O)=C(S[C@H]3CC[N+](C=N)(C(=O)N4CCCNCC4)C3)[C@H](C)[C@H]12. The van der Waals surface area contributed by atoms with Crippen LogP contribution >= 0.6 is 11.8 Å². The third-order valence-corrected chi connectivity index (χ3v) is 8.76. The highest BCUT2D eigenvalue weighted by Gasteiger charge is 2.60. The molecule has 0 aromatic rings. The lowest BCUT2D eigenvalue weighted by Crippen LogP contribution is -2.63. The van der Waals surface area contributed by atoms with E-state index < -0.39 is 18.0 Å². The van der Waals surface area contributed by atoms with Crippen LogP contribution in [-0.2, 0) is 9.59 Å². The van der Waals surface area contributed by atoms with Gasteiger partial charge in [-0.2, -0.15) is 4.48 Å². The number of carbonyl (C=O) groups is 3. The first-order chi connectivity index (χ1) is 15.2. The molecule has 6 atom stereocenters. The Hall–Kier alpha value is -1.95. The fraction of sp³-hybridized carbons (Fsp3) is 0.714. The van der Waals surface area contributed by atoms with Gasteiger partial charge in [0, 0.05) is 36.9 Å². The van der Waals surface area contributed by atoms with E-state index in [4.69, 9.17) is 5.41 Å². The second kappa shape index (κ2) is 8.77. The van der Waals surface area contributed by atoms with E-state index in [0.717, 1.165) is 19.5 Å². The van der Waals surface area contributed by atoms with Crippen LogP contribution in [0.5, 0.6) is 0 Å². The van der Waals surface area contributed by atoms with E-state index in [2.05, 4.69) is 5.32 Å². The number of rotatable bonds is 5. The monoisotopic (exact) mass is 466 g/mol. The molecule has 0 saturated carbocycles. The van der Waals surface area contributed by atoms with Crippen LogP contribution in [-0.4, -0.2) is 105 Å². The van der Waals surface area contributed by atoms with Crippen LogP contribution in [0.25, 0.3) is 0 Å². The second-order valence-electron chi connectivity index (χ2n) is 9.24. The summed E-state index contributed by atoms with van der Waals surface area (Å²) in [5.41, 5.74) is 0.0131. The first-order valence-corrected chi connectivity index (χ1v) is 12.1. The lowest BCUT2D eigenvalue weighted by Gasteiger charge is -2.46. The quantitative estimate of drug-likeness (QED) is 0.200. The maximum atomic E-state index is 13.3. The number of aliphatic carboxylic acids is 1. The van der Waals surface area contributed by atoms with Crippen LogP contribution < -0.4 is 5.32 Å². The van der Waals surface area contributed by atoms with Crippen molar-refractivity contribution >= 4 is 36.0 Å². The molecular formula is C21H32N5O5S+. The number of nitrogens with zero attached hydrogens (tertiary/aromatic N) is 3. The number of hydrogen-bond acceptors (Lipinski definition) is 7. The van der Waals surface area contributed by atoms with Crippen LogP contribution in [0.2, 0.25) is 0 Å². The Morgan fingerprint density at radius 3 is 2.75 bits per heavy atom. The van der Waals surface area contributed by atoms with Crippen molar-refractivity contribution in [1.29, 1.82) is 5.41 Å². The fourth-order valence-corrected chi connectivity index (χ4v) is 7.11. The number of aliphatic hydroxyl groups excluding tert-OH is 1. The van der Waals surface area contributed by atoms with Gasteiger partial charge in [0.25, 0.3) is 0 Å². The first-order valence-electron chi connectivity index (χ1n) is 11.3. The summed E-state index contributed by atoms with van der Waals surface area (Å²) in [7, 11) is 0. The molecule has 4 N–H and O–H groups in total. The molecule has 0 aliphatic carbocycles. The van der Waals surface area contributed by atoms with E-state index in [1.807, 2.05) is 11.8 Å². The zero-order chi connectivity index (χ0) is 23.2. The Labute approximate surface area is 191 Å². The van der Waals surface area contributed by atoms with Gasteiger partial charge in [-0.15, -0.1) is 11.8 Å². The molecule has 32 heavy (non-hydrogen) atoms. The fourth-order valence-electron chi connectivity index (χ4n) is 5.54. The summed E-state index contributed by atoms with van der Waals surface area (Å²) < 4.78 is -0.0515. The van der Waals surface area contributed by atoms with E-state index in [1.165, 1.54) is 23.0 Å². The van der Waals surface area contributed by atoms with E-state index in [-0.39, 0.29) is 39.3 Å². The zero-order valence-corrected chi connectivity index (χ0v) is 19.3. The molecule has 0 spiro atoms. The number of nitrogens with one attached hydrogen (secondary N) is 2. The van der Waals surface area contributed by atoms with E-state index >= 15 is 0 Å². The molecule has 4 aliphatic rings. The molecule has 10 nitrogen and oxygen atoms in total. The van der Waals surface area contributed by atoms with Crippen molar-refractivity contribution < 1.29 is 29.1 Å². The maximum Gasteiger partial charge on any atom is 0.425 e. The van der Waals surface area contributed by atoms with Gasteiger partial charge in [-0.3, -0.25) is 15.1 Å². The number of urea groups is 1. The molecule has 4 rings (SSSR count). The molecule has 3 amide bonds. The number of fused-ring (bicyclic) bond motifs is 1. The first kappa shape index (κ1) is 23.2. The minimum atomic E-state index is -1.14. The van der Waals surface area contributed by atoms with Crippen LogP contribution in [0, 0.1) is 17.2 Å². The van der Waals surface area contributed by atoms with Crippen LogP contribution in [0.3, 0.4) is 0 Å². The molecule has 11 heteroatoms. The Bertz CT molecular complexity index is 856. The van der Waals surface area contributed by atoms with Crippen molar-refractivity contribution in [1.82, 2.24) is 15.1 Å². The van der Waals surface area contributed by atoms with Gasteiger partial charge in [-0.05, 0) is 19.9 Å². The molecule has 4 aliphatic heterocycles. The number of likely N-dealkylation sites (tertiary alicyclic amines) is 1. The molecular weight excluding hydrogens is 434 g/mol. The summed E-state index contributed by atoms with van der Waals surface area (Å²) in [6.45, 7) is 7.31. The third-order valence-electron chi connectivity index (χ3n) is 7.22. The largest absolute Gasteiger partial charge is 0.477 e. The molecule has 0 aromatic heterocycles. The van der Waals surface area contributed by atoms with Crippen molar-refractivity contribution in [3.05, 3.63) is 10.6 Å². The van der Waals surface area contributed by atoms with Crippen molar-refractivity contribution in [2.75, 3.05) is 39.3 Å². The molecule has 3 saturated heterocycles. The number of aliphatic hydroxyl groups is 1. The summed E-state index contributed by atoms with van der Waals surface area (Å²) in [6, 6.07) is -0.405. The lowest BCUT2D eigenvalue weighted by atomic mass is 9.79. The normalized spacial score (nSPS) is 35.9. The van der Waals surface area contributed by atoms with Gasteiger partial charge in [0.05, 0.1) is 29.9 Å². The van der Waals surface area contributed by atoms with Crippen molar-refractivity contribution in [3.8, 4) is 0 Å². The highest BCUT2D eigenvalue weighted by molar-refractivity contribution is 8.03. The topological polar surface area (TPSA) is 134 Å². The van der Waals surface area contributed by atoms with Crippen molar-refractivity contribution in [2.45, 2.75) is 44.1 Å². The van der Waals surface area contributed by atoms with Gasteiger partial charge in [-0.25, -0.2) is 9.59 Å². The highest BCUT2D eigenvalue weighted by Crippen LogP contribution is 2.52. The standard InChI is InChI=1S/C21H31N5O5S/c1-12-16-15(13(2)27)19(28)25(16)17(20(29)30)18(12)32-14-4-9-26(10-14,11-22)21(31)24-7-3-5-23-6-8-24/h11-16,22-23,27H,3-10H2,1-2H3/p+1/t12-,13-,14+,15-,16-,26?/m1/s1. The van der Waals surface area contributed by atoms with Gasteiger partial charge in [0.2, 0.25) is 5.91 Å². The van der Waals surface area contributed by atoms with E-state index in [9.17, 15) is 24.6 Å². The number of amides is 3. The summed E-state index contributed by atoms with van der Waals surface area (Å²) in [5.74, 6) is -2.27. The predicted molar refractivity (Wildman–Crippen MR) is 119 cm³/mol. The van der Waals surface area contributed by atoms with Crippen LogP contribution in [0.4, 0.5) is 4.79 Å². The molecule has 0 radical (unpaired) electrons. The lowest BCUT2D eigenvalue weighted by molar-refractivity contribution is -0.741. The number of quaternary nitrogens is 1. The highest BCUT2D eigenvalue weighted by atomic mass is 32.2. The smallest absolute Gasteiger partial charge is 0.425 e. The number of thioether (sulfide) groups is 1. The molecule has 176 valence electrons. The maximum absolute atomic E-state index is 13.3. The molecule has 0 aromatic carbocycles. The van der Waals surface area contributed by atoms with E-state index in [0.29, 0.717) is 37.5 Å². The minimum Gasteiger partial charge on any atom is -0.477 e. The molecule has 0 bridgehead atoms. The second-order valence-corrected chi connectivity index (χ2v) is 10.6. The summed E-state index contributed by atoms with van der Waals surface area (Å²) in [4.78, 5) is 41.7. The summed E-state index contributed by atoms with van der Waals surface area (Å²) in [5, 5.41) is 31.1. The Morgan fingerprint density at radius 1 is 1.34 bits per heavy atom. The molecule has 3 fully saturated rings. The number of carbonyl (C=O) groups excluding carboxylic acids is 2.